The molecule has 0 bridgehead atoms. The molecule has 1 saturated heterocycles. The van der Waals surface area contributed by atoms with Crippen LogP contribution in [-0.4, -0.2) is 43.3 Å². The van der Waals surface area contributed by atoms with Crippen LogP contribution in [0, 0.1) is 11.3 Å². The highest BCUT2D eigenvalue weighted by atomic mass is 16.5. The summed E-state index contributed by atoms with van der Waals surface area (Å²) in [6.45, 7) is 3.45. The Kier molecular flexibility index (Phi) is 6.24. The van der Waals surface area contributed by atoms with Crippen LogP contribution in [0.15, 0.2) is 0 Å². The molecule has 1 aliphatic rings. The number of aliphatic carboxylic acids is 1. The fourth-order valence-corrected chi connectivity index (χ4v) is 2.21. The summed E-state index contributed by atoms with van der Waals surface area (Å²) in [5, 5.41) is 12.1. The minimum atomic E-state index is -0.874. The Hall–Kier alpha value is -1.14. The highest BCUT2D eigenvalue weighted by molar-refractivity contribution is 5.80. The van der Waals surface area contributed by atoms with Crippen LogP contribution in [0.3, 0.4) is 0 Å². The molecule has 1 unspecified atom stereocenters. The number of ether oxygens (including phenoxy) is 1. The first-order chi connectivity index (χ1) is 9.02. The lowest BCUT2D eigenvalue weighted by Crippen LogP contribution is -2.47. The third-order valence-electron chi connectivity index (χ3n) is 3.79. The van der Waals surface area contributed by atoms with Gasteiger partial charge in [-0.2, -0.15) is 0 Å². The number of carbonyl (C=O) groups excluding carboxylic acids is 1. The molecule has 1 atom stereocenters. The predicted octanol–water partition coefficient (Wildman–Crippen LogP) is 0.359. The number of nitrogens with two attached hydrogens (primary N) is 1. The van der Waals surface area contributed by atoms with Crippen molar-refractivity contribution in [3.63, 3.8) is 0 Å². The lowest BCUT2D eigenvalue weighted by molar-refractivity contribution is -0.154. The van der Waals surface area contributed by atoms with Gasteiger partial charge in [-0.1, -0.05) is 6.92 Å². The van der Waals surface area contributed by atoms with Gasteiger partial charge in [-0.25, -0.2) is 0 Å². The maximum atomic E-state index is 11.9. The van der Waals surface area contributed by atoms with E-state index in [9.17, 15) is 14.7 Å². The van der Waals surface area contributed by atoms with Crippen molar-refractivity contribution in [2.75, 3.05) is 26.3 Å². The summed E-state index contributed by atoms with van der Waals surface area (Å²) in [6, 6.07) is 0. The average molecular weight is 272 g/mol. The number of amides is 1. The molecule has 6 nitrogen and oxygen atoms in total. The van der Waals surface area contributed by atoms with Gasteiger partial charge in [0.05, 0.1) is 5.41 Å². The Morgan fingerprint density at radius 1 is 1.42 bits per heavy atom. The van der Waals surface area contributed by atoms with Gasteiger partial charge >= 0.3 is 5.97 Å². The van der Waals surface area contributed by atoms with Crippen molar-refractivity contribution in [1.82, 2.24) is 5.32 Å². The zero-order valence-electron chi connectivity index (χ0n) is 11.5. The first kappa shape index (κ1) is 15.9. The summed E-state index contributed by atoms with van der Waals surface area (Å²) < 4.78 is 5.19. The Labute approximate surface area is 113 Å². The number of rotatable bonds is 7. The molecule has 1 aliphatic heterocycles. The van der Waals surface area contributed by atoms with Crippen LogP contribution in [0.4, 0.5) is 0 Å². The first-order valence-corrected chi connectivity index (χ1v) is 6.81. The fraction of sp³-hybridized carbons (Fsp3) is 0.846. The van der Waals surface area contributed by atoms with Crippen molar-refractivity contribution in [2.24, 2.45) is 17.1 Å². The zero-order chi connectivity index (χ0) is 14.3. The number of hydrogen-bond acceptors (Lipinski definition) is 4. The molecular weight excluding hydrogens is 248 g/mol. The van der Waals surface area contributed by atoms with E-state index in [1.165, 1.54) is 0 Å². The van der Waals surface area contributed by atoms with Gasteiger partial charge in [-0.05, 0) is 32.2 Å². The van der Waals surface area contributed by atoms with Gasteiger partial charge in [0.2, 0.25) is 5.91 Å². The number of nitrogens with one attached hydrogen (secondary N) is 1. The molecule has 1 fully saturated rings. The van der Waals surface area contributed by atoms with E-state index in [1.807, 2.05) is 6.92 Å². The van der Waals surface area contributed by atoms with E-state index in [2.05, 4.69) is 5.32 Å². The molecule has 110 valence electrons. The fourth-order valence-electron chi connectivity index (χ4n) is 2.21. The summed E-state index contributed by atoms with van der Waals surface area (Å²) in [5.74, 6) is -1.08. The van der Waals surface area contributed by atoms with E-state index in [0.717, 1.165) is 12.8 Å². The molecule has 0 aromatic carbocycles. The summed E-state index contributed by atoms with van der Waals surface area (Å²) in [5.41, 5.74) is 4.53. The normalized spacial score (nSPS) is 19.7. The molecule has 1 rings (SSSR count). The minimum absolute atomic E-state index is 0.0967. The Morgan fingerprint density at radius 2 is 2.05 bits per heavy atom. The average Bonchev–Trinajstić information content (AvgIpc) is 2.42. The van der Waals surface area contributed by atoms with Crippen molar-refractivity contribution in [1.29, 1.82) is 0 Å². The van der Waals surface area contributed by atoms with E-state index in [1.54, 1.807) is 0 Å². The monoisotopic (exact) mass is 272 g/mol. The second-order valence-electron chi connectivity index (χ2n) is 5.25. The lowest BCUT2D eigenvalue weighted by Gasteiger charge is -2.33. The Bertz CT molecular complexity index is 314. The first-order valence-electron chi connectivity index (χ1n) is 6.81. The summed E-state index contributed by atoms with van der Waals surface area (Å²) in [7, 11) is 0. The van der Waals surface area contributed by atoms with E-state index < -0.39 is 11.4 Å². The predicted molar refractivity (Wildman–Crippen MR) is 70.6 cm³/mol. The van der Waals surface area contributed by atoms with Crippen LogP contribution in [0.2, 0.25) is 0 Å². The molecule has 0 radical (unpaired) electrons. The molecule has 19 heavy (non-hydrogen) atoms. The molecule has 1 heterocycles. The van der Waals surface area contributed by atoms with Crippen molar-refractivity contribution < 1.29 is 19.4 Å². The van der Waals surface area contributed by atoms with Gasteiger partial charge in [0.25, 0.3) is 0 Å². The largest absolute Gasteiger partial charge is 0.481 e. The third-order valence-corrected chi connectivity index (χ3v) is 3.79. The van der Waals surface area contributed by atoms with Gasteiger partial charge in [0.15, 0.2) is 0 Å². The smallest absolute Gasteiger partial charge is 0.311 e. The van der Waals surface area contributed by atoms with Gasteiger partial charge < -0.3 is 20.9 Å². The molecule has 0 saturated carbocycles. The van der Waals surface area contributed by atoms with Crippen molar-refractivity contribution in [2.45, 2.75) is 32.6 Å². The molecule has 0 aromatic heterocycles. The van der Waals surface area contributed by atoms with Crippen LogP contribution in [0.5, 0.6) is 0 Å². The molecule has 0 aliphatic carbocycles. The van der Waals surface area contributed by atoms with E-state index in [0.29, 0.717) is 32.6 Å². The maximum Gasteiger partial charge on any atom is 0.311 e. The molecule has 0 spiro atoms. The van der Waals surface area contributed by atoms with Crippen LogP contribution >= 0.6 is 0 Å². The maximum absolute atomic E-state index is 11.9. The standard InChI is InChI=1S/C13H24N2O4/c1-10(3-2-6-14)11(16)15-9-13(12(17)18)4-7-19-8-5-13/h10H,2-9,14H2,1H3,(H,15,16)(H,17,18). The number of hydrogen-bond donors (Lipinski definition) is 3. The van der Waals surface area contributed by atoms with Crippen molar-refractivity contribution >= 4 is 11.9 Å². The molecule has 0 aromatic rings. The number of carboxylic acid groups (broad SMARTS) is 1. The van der Waals surface area contributed by atoms with Crippen LogP contribution in [0.1, 0.15) is 32.6 Å². The summed E-state index contributed by atoms with van der Waals surface area (Å²) >= 11 is 0. The van der Waals surface area contributed by atoms with E-state index in [4.69, 9.17) is 10.5 Å². The number of carbonyl (C=O) groups is 2. The Balaban J connectivity index is 2.48. The van der Waals surface area contributed by atoms with Gasteiger partial charge in [-0.15, -0.1) is 0 Å². The van der Waals surface area contributed by atoms with Gasteiger partial charge in [0.1, 0.15) is 0 Å². The van der Waals surface area contributed by atoms with Crippen molar-refractivity contribution in [3.05, 3.63) is 0 Å². The van der Waals surface area contributed by atoms with Gasteiger partial charge in [0, 0.05) is 25.7 Å². The highest BCUT2D eigenvalue weighted by Gasteiger charge is 2.40. The molecule has 6 heteroatoms. The topological polar surface area (TPSA) is 102 Å². The molecule has 4 N–H and O–H groups in total. The third kappa shape index (κ3) is 4.47. The van der Waals surface area contributed by atoms with Crippen LogP contribution < -0.4 is 11.1 Å². The summed E-state index contributed by atoms with van der Waals surface area (Å²) in [4.78, 5) is 23.3. The quantitative estimate of drug-likeness (QED) is 0.621. The van der Waals surface area contributed by atoms with Crippen LogP contribution in [-0.2, 0) is 14.3 Å². The Morgan fingerprint density at radius 3 is 2.58 bits per heavy atom. The van der Waals surface area contributed by atoms with Crippen LogP contribution in [0.25, 0.3) is 0 Å². The van der Waals surface area contributed by atoms with E-state index >= 15 is 0 Å². The zero-order valence-corrected chi connectivity index (χ0v) is 11.5. The second kappa shape index (κ2) is 7.45. The SMILES string of the molecule is CC(CCCN)C(=O)NCC1(C(=O)O)CCOCC1. The lowest BCUT2D eigenvalue weighted by atomic mass is 9.80. The van der Waals surface area contributed by atoms with Gasteiger partial charge in [-0.3, -0.25) is 9.59 Å². The molecular formula is C13H24N2O4. The summed E-state index contributed by atoms with van der Waals surface area (Å²) in [6.07, 6.45) is 2.41. The van der Waals surface area contributed by atoms with E-state index in [-0.39, 0.29) is 18.4 Å². The molecule has 1 amide bonds. The minimum Gasteiger partial charge on any atom is -0.481 e. The van der Waals surface area contributed by atoms with Crippen molar-refractivity contribution in [3.8, 4) is 0 Å². The second-order valence-corrected chi connectivity index (χ2v) is 5.25. The highest BCUT2D eigenvalue weighted by Crippen LogP contribution is 2.30. The number of carboxylic acids is 1.